The first-order valence-electron chi connectivity index (χ1n) is 6.13. The molecule has 3 nitrogen and oxygen atoms in total. The van der Waals surface area contributed by atoms with Crippen molar-refractivity contribution in [3.8, 4) is 5.69 Å². The molecule has 0 saturated heterocycles. The van der Waals surface area contributed by atoms with E-state index in [0.717, 1.165) is 34.5 Å². The number of aryl methyl sites for hydroxylation is 1. The van der Waals surface area contributed by atoms with Gasteiger partial charge in [0, 0.05) is 10.0 Å². The van der Waals surface area contributed by atoms with E-state index in [1.165, 1.54) is 5.56 Å². The fourth-order valence-corrected chi connectivity index (χ4v) is 3.14. The average Bonchev–Trinajstić information content (AvgIpc) is 2.79. The number of hydrogen-bond acceptors (Lipinski definition) is 2. The van der Waals surface area contributed by atoms with Gasteiger partial charge < -0.3 is 5.73 Å². The van der Waals surface area contributed by atoms with Gasteiger partial charge in [-0.3, -0.25) is 0 Å². The molecular weight excluding hydrogens is 290 g/mol. The van der Waals surface area contributed by atoms with E-state index in [1.54, 1.807) is 0 Å². The number of nitrogen functional groups attached to an aromatic ring is 1. The molecule has 0 unspecified atom stereocenters. The summed E-state index contributed by atoms with van der Waals surface area (Å²) in [7, 11) is 0. The van der Waals surface area contributed by atoms with Crippen LogP contribution < -0.4 is 5.73 Å². The van der Waals surface area contributed by atoms with Crippen LogP contribution in [-0.4, -0.2) is 9.78 Å². The highest BCUT2D eigenvalue weighted by Crippen LogP contribution is 2.42. The standard InChI is InChI=1S/C14H16BrN3/c1-14(2)7-6-11-12(14)13(16)18(17-11)10-5-3-4-9(15)8-10/h3-5,8H,6-7,16H2,1-2H3. The van der Waals surface area contributed by atoms with Gasteiger partial charge in [0.2, 0.25) is 0 Å². The van der Waals surface area contributed by atoms with Crippen molar-refractivity contribution in [2.75, 3.05) is 5.73 Å². The third-order valence-electron chi connectivity index (χ3n) is 3.71. The third-order valence-corrected chi connectivity index (χ3v) is 4.20. The van der Waals surface area contributed by atoms with Crippen molar-refractivity contribution in [1.82, 2.24) is 9.78 Å². The largest absolute Gasteiger partial charge is 0.383 e. The lowest BCUT2D eigenvalue weighted by atomic mass is 9.87. The van der Waals surface area contributed by atoms with E-state index in [1.807, 2.05) is 28.9 Å². The highest BCUT2D eigenvalue weighted by Gasteiger charge is 2.35. The van der Waals surface area contributed by atoms with Crippen molar-refractivity contribution in [3.63, 3.8) is 0 Å². The summed E-state index contributed by atoms with van der Waals surface area (Å²) in [6.07, 6.45) is 2.15. The monoisotopic (exact) mass is 305 g/mol. The zero-order valence-corrected chi connectivity index (χ0v) is 12.2. The van der Waals surface area contributed by atoms with Gasteiger partial charge in [-0.25, -0.2) is 4.68 Å². The minimum absolute atomic E-state index is 0.143. The fourth-order valence-electron chi connectivity index (χ4n) is 2.75. The maximum atomic E-state index is 6.30. The van der Waals surface area contributed by atoms with Crippen molar-refractivity contribution in [3.05, 3.63) is 40.0 Å². The summed E-state index contributed by atoms with van der Waals surface area (Å²) in [5.41, 5.74) is 9.82. The molecule has 4 heteroatoms. The van der Waals surface area contributed by atoms with E-state index in [9.17, 15) is 0 Å². The third kappa shape index (κ3) is 1.67. The van der Waals surface area contributed by atoms with Crippen LogP contribution in [0.5, 0.6) is 0 Å². The first kappa shape index (κ1) is 11.8. The molecule has 0 spiro atoms. The van der Waals surface area contributed by atoms with Gasteiger partial charge in [0.15, 0.2) is 0 Å². The molecule has 0 saturated carbocycles. The van der Waals surface area contributed by atoms with E-state index < -0.39 is 0 Å². The first-order valence-corrected chi connectivity index (χ1v) is 6.92. The average molecular weight is 306 g/mol. The Bertz CT molecular complexity index is 613. The normalized spacial score (nSPS) is 16.8. The van der Waals surface area contributed by atoms with E-state index >= 15 is 0 Å². The summed E-state index contributed by atoms with van der Waals surface area (Å²) in [5, 5.41) is 4.67. The second-order valence-corrected chi connectivity index (χ2v) is 6.40. The second kappa shape index (κ2) is 3.85. The summed E-state index contributed by atoms with van der Waals surface area (Å²) in [5.74, 6) is 0.783. The number of aromatic nitrogens is 2. The molecule has 1 heterocycles. The molecule has 0 fully saturated rings. The van der Waals surface area contributed by atoms with Gasteiger partial charge in [0.25, 0.3) is 0 Å². The topological polar surface area (TPSA) is 43.8 Å². The molecule has 0 aliphatic heterocycles. The minimum Gasteiger partial charge on any atom is -0.383 e. The van der Waals surface area contributed by atoms with Crippen LogP contribution >= 0.6 is 15.9 Å². The van der Waals surface area contributed by atoms with Crippen LogP contribution in [-0.2, 0) is 11.8 Å². The quantitative estimate of drug-likeness (QED) is 0.877. The molecule has 1 aromatic heterocycles. The van der Waals surface area contributed by atoms with E-state index in [-0.39, 0.29) is 5.41 Å². The molecule has 1 aliphatic rings. The predicted molar refractivity (Wildman–Crippen MR) is 77.0 cm³/mol. The number of anilines is 1. The minimum atomic E-state index is 0.143. The number of nitrogens with two attached hydrogens (primary N) is 1. The number of fused-ring (bicyclic) bond motifs is 1. The Morgan fingerprint density at radius 1 is 1.39 bits per heavy atom. The molecule has 2 N–H and O–H groups in total. The Balaban J connectivity index is 2.17. The number of rotatable bonds is 1. The van der Waals surface area contributed by atoms with Crippen LogP contribution in [0.1, 0.15) is 31.5 Å². The Morgan fingerprint density at radius 2 is 2.17 bits per heavy atom. The van der Waals surface area contributed by atoms with Crippen molar-refractivity contribution in [2.45, 2.75) is 32.1 Å². The van der Waals surface area contributed by atoms with E-state index in [0.29, 0.717) is 0 Å². The number of nitrogens with zero attached hydrogens (tertiary/aromatic N) is 2. The van der Waals surface area contributed by atoms with Gasteiger partial charge in [-0.2, -0.15) is 5.10 Å². The molecule has 0 amide bonds. The highest BCUT2D eigenvalue weighted by molar-refractivity contribution is 9.10. The maximum absolute atomic E-state index is 6.30. The Labute approximate surface area is 115 Å². The van der Waals surface area contributed by atoms with Gasteiger partial charge in [0.05, 0.1) is 11.4 Å². The lowest BCUT2D eigenvalue weighted by Crippen LogP contribution is -2.15. The molecule has 1 aromatic carbocycles. The molecule has 18 heavy (non-hydrogen) atoms. The molecule has 2 aromatic rings. The Kier molecular flexibility index (Phi) is 2.52. The van der Waals surface area contributed by atoms with Crippen LogP contribution in [0.15, 0.2) is 28.7 Å². The smallest absolute Gasteiger partial charge is 0.131 e. The number of hydrogen-bond donors (Lipinski definition) is 1. The molecule has 0 radical (unpaired) electrons. The summed E-state index contributed by atoms with van der Waals surface area (Å²) < 4.78 is 2.89. The Morgan fingerprint density at radius 3 is 2.83 bits per heavy atom. The van der Waals surface area contributed by atoms with Gasteiger partial charge in [-0.05, 0) is 36.5 Å². The number of benzene rings is 1. The van der Waals surface area contributed by atoms with E-state index in [2.05, 4.69) is 34.9 Å². The Hall–Kier alpha value is -1.29. The van der Waals surface area contributed by atoms with Crippen molar-refractivity contribution in [1.29, 1.82) is 0 Å². The molecular formula is C14H16BrN3. The highest BCUT2D eigenvalue weighted by atomic mass is 79.9. The zero-order valence-electron chi connectivity index (χ0n) is 10.6. The maximum Gasteiger partial charge on any atom is 0.131 e. The van der Waals surface area contributed by atoms with Gasteiger partial charge in [0.1, 0.15) is 5.82 Å². The lowest BCUT2D eigenvalue weighted by Gasteiger charge is -2.18. The van der Waals surface area contributed by atoms with Crippen molar-refractivity contribution in [2.24, 2.45) is 0 Å². The summed E-state index contributed by atoms with van der Waals surface area (Å²) in [6, 6.07) is 8.05. The molecule has 1 aliphatic carbocycles. The van der Waals surface area contributed by atoms with Crippen LogP contribution in [0.3, 0.4) is 0 Å². The predicted octanol–water partition coefficient (Wildman–Crippen LogP) is 3.44. The fraction of sp³-hybridized carbons (Fsp3) is 0.357. The van der Waals surface area contributed by atoms with Crippen LogP contribution in [0.2, 0.25) is 0 Å². The zero-order chi connectivity index (χ0) is 12.9. The lowest BCUT2D eigenvalue weighted by molar-refractivity contribution is 0.519. The number of halogens is 1. The SMILES string of the molecule is CC1(C)CCc2nn(-c3cccc(Br)c3)c(N)c21. The van der Waals surface area contributed by atoms with E-state index in [4.69, 9.17) is 5.73 Å². The van der Waals surface area contributed by atoms with Crippen LogP contribution in [0.4, 0.5) is 5.82 Å². The van der Waals surface area contributed by atoms with Crippen LogP contribution in [0, 0.1) is 0 Å². The van der Waals surface area contributed by atoms with Crippen molar-refractivity contribution < 1.29 is 0 Å². The molecule has 0 atom stereocenters. The molecule has 3 rings (SSSR count). The van der Waals surface area contributed by atoms with Crippen LogP contribution in [0.25, 0.3) is 5.69 Å². The van der Waals surface area contributed by atoms with Gasteiger partial charge in [-0.15, -0.1) is 0 Å². The van der Waals surface area contributed by atoms with Gasteiger partial charge >= 0.3 is 0 Å². The summed E-state index contributed by atoms with van der Waals surface area (Å²) in [6.45, 7) is 4.48. The van der Waals surface area contributed by atoms with Gasteiger partial charge in [-0.1, -0.05) is 35.8 Å². The first-order chi connectivity index (χ1) is 8.49. The summed E-state index contributed by atoms with van der Waals surface area (Å²) in [4.78, 5) is 0. The second-order valence-electron chi connectivity index (χ2n) is 5.48. The molecule has 94 valence electrons. The summed E-state index contributed by atoms with van der Waals surface area (Å²) >= 11 is 3.48. The molecule has 0 bridgehead atoms. The van der Waals surface area contributed by atoms with Crippen molar-refractivity contribution >= 4 is 21.7 Å².